The topological polar surface area (TPSA) is 24.5 Å². The third-order valence-electron chi connectivity index (χ3n) is 4.57. The predicted octanol–water partition coefficient (Wildman–Crippen LogP) is 1.91. The van der Waals surface area contributed by atoms with Gasteiger partial charge < -0.3 is 10.1 Å². The van der Waals surface area contributed by atoms with E-state index in [-0.39, 0.29) is 12.4 Å². The van der Waals surface area contributed by atoms with Gasteiger partial charge in [-0.3, -0.25) is 4.90 Å². The SMILES string of the molecule is CC1CN(CC2(C)CCNC2)CC(C2CC2)O1.Cl. The van der Waals surface area contributed by atoms with Gasteiger partial charge >= 0.3 is 0 Å². The molecule has 18 heavy (non-hydrogen) atoms. The van der Waals surface area contributed by atoms with Crippen LogP contribution in [0.2, 0.25) is 0 Å². The monoisotopic (exact) mass is 274 g/mol. The van der Waals surface area contributed by atoms with Crippen LogP contribution in [-0.4, -0.2) is 49.8 Å². The van der Waals surface area contributed by atoms with Crippen molar-refractivity contribution in [3.8, 4) is 0 Å². The normalized spacial score (nSPS) is 41.7. The number of nitrogens with one attached hydrogen (secondary N) is 1. The smallest absolute Gasteiger partial charge is 0.0734 e. The summed E-state index contributed by atoms with van der Waals surface area (Å²) in [5.41, 5.74) is 0.491. The minimum Gasteiger partial charge on any atom is -0.372 e. The summed E-state index contributed by atoms with van der Waals surface area (Å²) in [5.74, 6) is 0.870. The fraction of sp³-hybridized carbons (Fsp3) is 1.00. The molecule has 2 saturated heterocycles. The van der Waals surface area contributed by atoms with E-state index in [9.17, 15) is 0 Å². The molecule has 0 radical (unpaired) electrons. The van der Waals surface area contributed by atoms with E-state index >= 15 is 0 Å². The average Bonchev–Trinajstić information content (AvgIpc) is 3.02. The summed E-state index contributed by atoms with van der Waals surface area (Å²) in [5, 5.41) is 3.50. The predicted molar refractivity (Wildman–Crippen MR) is 76.3 cm³/mol. The van der Waals surface area contributed by atoms with Gasteiger partial charge in [-0.25, -0.2) is 0 Å². The summed E-state index contributed by atoms with van der Waals surface area (Å²) < 4.78 is 6.08. The van der Waals surface area contributed by atoms with Crippen LogP contribution in [0.1, 0.15) is 33.1 Å². The standard InChI is InChI=1S/C14H26N2O.ClH/c1-11-7-16(8-13(17-11)12-3-4-12)10-14(2)5-6-15-9-14;/h11-13,15H,3-10H2,1-2H3;1H. The molecule has 0 aromatic rings. The van der Waals surface area contributed by atoms with Crippen molar-refractivity contribution in [2.45, 2.75) is 45.3 Å². The van der Waals surface area contributed by atoms with E-state index in [1.54, 1.807) is 0 Å². The molecule has 3 aliphatic rings. The van der Waals surface area contributed by atoms with Crippen LogP contribution in [0.15, 0.2) is 0 Å². The lowest BCUT2D eigenvalue weighted by Crippen LogP contribution is -2.50. The number of hydrogen-bond acceptors (Lipinski definition) is 3. The Morgan fingerprint density at radius 2 is 2.11 bits per heavy atom. The van der Waals surface area contributed by atoms with Gasteiger partial charge in [0, 0.05) is 26.2 Å². The van der Waals surface area contributed by atoms with Crippen LogP contribution in [0.25, 0.3) is 0 Å². The van der Waals surface area contributed by atoms with Crippen LogP contribution >= 0.6 is 12.4 Å². The highest BCUT2D eigenvalue weighted by atomic mass is 35.5. The van der Waals surface area contributed by atoms with Crippen molar-refractivity contribution in [2.75, 3.05) is 32.7 Å². The Balaban J connectivity index is 0.00000120. The molecule has 1 aliphatic carbocycles. The van der Waals surface area contributed by atoms with Crippen LogP contribution in [0.5, 0.6) is 0 Å². The number of rotatable bonds is 3. The lowest BCUT2D eigenvalue weighted by Gasteiger charge is -2.40. The van der Waals surface area contributed by atoms with E-state index in [1.165, 1.54) is 45.4 Å². The van der Waals surface area contributed by atoms with E-state index in [1.807, 2.05) is 0 Å². The van der Waals surface area contributed by atoms with Gasteiger partial charge in [0.1, 0.15) is 0 Å². The third-order valence-corrected chi connectivity index (χ3v) is 4.57. The second kappa shape index (κ2) is 5.66. The van der Waals surface area contributed by atoms with E-state index < -0.39 is 0 Å². The highest BCUT2D eigenvalue weighted by Gasteiger charge is 2.39. The molecule has 3 nitrogen and oxygen atoms in total. The van der Waals surface area contributed by atoms with Crippen molar-refractivity contribution in [2.24, 2.45) is 11.3 Å². The lowest BCUT2D eigenvalue weighted by atomic mass is 9.88. The summed E-state index contributed by atoms with van der Waals surface area (Å²) in [6.07, 6.45) is 5.06. The lowest BCUT2D eigenvalue weighted by molar-refractivity contribution is -0.0924. The number of ether oxygens (including phenoxy) is 1. The summed E-state index contributed by atoms with van der Waals surface area (Å²) in [6.45, 7) is 10.6. The first-order valence-corrected chi connectivity index (χ1v) is 7.23. The molecular weight excluding hydrogens is 248 g/mol. The number of halogens is 1. The largest absolute Gasteiger partial charge is 0.372 e. The first-order valence-electron chi connectivity index (χ1n) is 7.23. The Morgan fingerprint density at radius 1 is 1.33 bits per heavy atom. The van der Waals surface area contributed by atoms with Gasteiger partial charge in [0.05, 0.1) is 12.2 Å². The molecule has 0 bridgehead atoms. The molecule has 4 heteroatoms. The zero-order chi connectivity index (χ0) is 11.9. The Morgan fingerprint density at radius 3 is 2.72 bits per heavy atom. The molecule has 0 aromatic heterocycles. The van der Waals surface area contributed by atoms with Gasteiger partial charge in [-0.2, -0.15) is 0 Å². The van der Waals surface area contributed by atoms with E-state index in [0.717, 1.165) is 12.5 Å². The van der Waals surface area contributed by atoms with Gasteiger partial charge in [-0.1, -0.05) is 6.92 Å². The van der Waals surface area contributed by atoms with Crippen LogP contribution in [0.3, 0.4) is 0 Å². The van der Waals surface area contributed by atoms with Gasteiger partial charge in [0.25, 0.3) is 0 Å². The first kappa shape index (κ1) is 14.6. The second-order valence-corrected chi connectivity index (χ2v) is 6.75. The van der Waals surface area contributed by atoms with Gasteiger partial charge in [0.2, 0.25) is 0 Å². The van der Waals surface area contributed by atoms with Gasteiger partial charge in [-0.05, 0) is 44.1 Å². The average molecular weight is 275 g/mol. The number of nitrogens with zero attached hydrogens (tertiary/aromatic N) is 1. The van der Waals surface area contributed by atoms with Crippen LogP contribution in [0, 0.1) is 11.3 Å². The van der Waals surface area contributed by atoms with Crippen molar-refractivity contribution in [3.05, 3.63) is 0 Å². The molecule has 3 unspecified atom stereocenters. The molecule has 0 amide bonds. The fourth-order valence-electron chi connectivity index (χ4n) is 3.48. The Kier molecular flexibility index (Phi) is 4.58. The van der Waals surface area contributed by atoms with E-state index in [0.29, 0.717) is 17.6 Å². The van der Waals surface area contributed by atoms with E-state index in [2.05, 4.69) is 24.1 Å². The molecule has 0 spiro atoms. The maximum atomic E-state index is 6.08. The van der Waals surface area contributed by atoms with Crippen molar-refractivity contribution in [1.82, 2.24) is 10.2 Å². The molecule has 2 aliphatic heterocycles. The minimum absolute atomic E-state index is 0. The molecule has 3 fully saturated rings. The van der Waals surface area contributed by atoms with Gasteiger partial charge in [-0.15, -0.1) is 12.4 Å². The number of morpholine rings is 1. The quantitative estimate of drug-likeness (QED) is 0.851. The van der Waals surface area contributed by atoms with Crippen LogP contribution in [-0.2, 0) is 4.74 Å². The van der Waals surface area contributed by atoms with Crippen molar-refractivity contribution in [1.29, 1.82) is 0 Å². The molecule has 3 atom stereocenters. The van der Waals surface area contributed by atoms with Crippen LogP contribution < -0.4 is 5.32 Å². The fourth-order valence-corrected chi connectivity index (χ4v) is 3.48. The summed E-state index contributed by atoms with van der Waals surface area (Å²) in [4.78, 5) is 2.66. The molecule has 0 aromatic carbocycles. The first-order chi connectivity index (χ1) is 8.15. The van der Waals surface area contributed by atoms with Crippen LogP contribution in [0.4, 0.5) is 0 Å². The Hall–Kier alpha value is 0.170. The molecular formula is C14H27ClN2O. The third kappa shape index (κ3) is 3.38. The molecule has 106 valence electrons. The zero-order valence-corrected chi connectivity index (χ0v) is 12.5. The maximum Gasteiger partial charge on any atom is 0.0734 e. The Labute approximate surface area is 117 Å². The zero-order valence-electron chi connectivity index (χ0n) is 11.7. The van der Waals surface area contributed by atoms with E-state index in [4.69, 9.17) is 4.74 Å². The molecule has 1 N–H and O–H groups in total. The second-order valence-electron chi connectivity index (χ2n) is 6.75. The maximum absolute atomic E-state index is 6.08. The highest BCUT2D eigenvalue weighted by molar-refractivity contribution is 5.85. The van der Waals surface area contributed by atoms with Crippen molar-refractivity contribution < 1.29 is 4.74 Å². The molecule has 2 heterocycles. The number of hydrogen-bond donors (Lipinski definition) is 1. The van der Waals surface area contributed by atoms with Gasteiger partial charge in [0.15, 0.2) is 0 Å². The summed E-state index contributed by atoms with van der Waals surface area (Å²) in [7, 11) is 0. The molecule has 1 saturated carbocycles. The summed E-state index contributed by atoms with van der Waals surface area (Å²) in [6, 6.07) is 0. The summed E-state index contributed by atoms with van der Waals surface area (Å²) >= 11 is 0. The minimum atomic E-state index is 0. The van der Waals surface area contributed by atoms with Crippen molar-refractivity contribution >= 4 is 12.4 Å². The highest BCUT2D eigenvalue weighted by Crippen LogP contribution is 2.37. The van der Waals surface area contributed by atoms with Crippen molar-refractivity contribution in [3.63, 3.8) is 0 Å². The molecule has 3 rings (SSSR count). The Bertz CT molecular complexity index is 277.